The van der Waals surface area contributed by atoms with Gasteiger partial charge in [-0.2, -0.15) is 0 Å². The number of carbonyl (C=O) groups is 2. The molecular weight excluding hydrogens is 330 g/mol. The van der Waals surface area contributed by atoms with Crippen molar-refractivity contribution in [1.82, 2.24) is 19.8 Å². The molecule has 2 aromatic rings. The van der Waals surface area contributed by atoms with E-state index in [1.54, 1.807) is 23.2 Å². The topological polar surface area (TPSA) is 92.4 Å². The zero-order valence-corrected chi connectivity index (χ0v) is 14.4. The van der Waals surface area contributed by atoms with Crippen molar-refractivity contribution in [2.45, 2.75) is 25.4 Å². The van der Waals surface area contributed by atoms with E-state index in [-0.39, 0.29) is 23.8 Å². The summed E-state index contributed by atoms with van der Waals surface area (Å²) in [6, 6.07) is 9.04. The molecule has 3 fully saturated rings. The Kier molecular flexibility index (Phi) is 4.28. The van der Waals surface area contributed by atoms with Gasteiger partial charge in [0, 0.05) is 31.5 Å². The van der Waals surface area contributed by atoms with Crippen molar-refractivity contribution >= 4 is 17.6 Å². The van der Waals surface area contributed by atoms with Crippen LogP contribution in [0.15, 0.2) is 42.7 Å². The molecule has 134 valence electrons. The molecule has 2 atom stereocenters. The van der Waals surface area contributed by atoms with Gasteiger partial charge in [0.25, 0.3) is 5.91 Å². The van der Waals surface area contributed by atoms with Gasteiger partial charge in [-0.1, -0.05) is 6.07 Å². The molecule has 2 amide bonds. The molecule has 0 radical (unpaired) electrons. The molecule has 7 nitrogen and oxygen atoms in total. The Morgan fingerprint density at radius 2 is 2.04 bits per heavy atom. The Bertz CT molecular complexity index is 808. The van der Waals surface area contributed by atoms with E-state index >= 15 is 0 Å². The Labute approximate surface area is 151 Å². The van der Waals surface area contributed by atoms with E-state index < -0.39 is 0 Å². The maximum Gasteiger partial charge on any atom is 0.255 e. The number of piperidine rings is 1. The Morgan fingerprint density at radius 1 is 1.15 bits per heavy atom. The van der Waals surface area contributed by atoms with E-state index in [0.717, 1.165) is 18.5 Å². The second-order valence-electron chi connectivity index (χ2n) is 6.90. The van der Waals surface area contributed by atoms with Crippen LogP contribution in [0, 0.1) is 5.92 Å². The summed E-state index contributed by atoms with van der Waals surface area (Å²) in [5.41, 5.74) is 6.97. The van der Waals surface area contributed by atoms with Crippen molar-refractivity contribution < 1.29 is 9.59 Å². The lowest BCUT2D eigenvalue weighted by Crippen LogP contribution is -2.47. The fourth-order valence-corrected chi connectivity index (χ4v) is 3.79. The number of nitrogen functional groups attached to an aromatic ring is 1. The molecular formula is C19H21N5O2. The number of aromatic nitrogens is 2. The lowest BCUT2D eigenvalue weighted by atomic mass is 9.94. The van der Waals surface area contributed by atoms with Crippen LogP contribution in [0.5, 0.6) is 0 Å². The molecule has 2 bridgehead atoms. The van der Waals surface area contributed by atoms with Crippen molar-refractivity contribution in [2.24, 2.45) is 5.92 Å². The van der Waals surface area contributed by atoms with Gasteiger partial charge in [-0.05, 0) is 37.1 Å². The number of nitrogens with zero attached hydrogens (tertiary/aromatic N) is 4. The van der Waals surface area contributed by atoms with Gasteiger partial charge in [0.1, 0.15) is 5.82 Å². The molecule has 0 spiro atoms. The molecule has 5 rings (SSSR count). The highest BCUT2D eigenvalue weighted by atomic mass is 16.2. The van der Waals surface area contributed by atoms with Gasteiger partial charge < -0.3 is 15.5 Å². The lowest BCUT2D eigenvalue weighted by molar-refractivity contribution is -0.140. The average molecular weight is 351 g/mol. The minimum absolute atomic E-state index is 0.0222. The van der Waals surface area contributed by atoms with Crippen molar-refractivity contribution in [3.63, 3.8) is 0 Å². The first-order chi connectivity index (χ1) is 12.6. The van der Waals surface area contributed by atoms with Crippen molar-refractivity contribution in [1.29, 1.82) is 0 Å². The minimum Gasteiger partial charge on any atom is -0.384 e. The molecule has 2 aromatic heterocycles. The zero-order valence-electron chi connectivity index (χ0n) is 14.4. The largest absolute Gasteiger partial charge is 0.384 e. The third-order valence-corrected chi connectivity index (χ3v) is 5.17. The Morgan fingerprint density at radius 3 is 2.77 bits per heavy atom. The van der Waals surface area contributed by atoms with Crippen LogP contribution in [0.25, 0.3) is 0 Å². The number of anilines is 1. The molecule has 3 aliphatic rings. The highest BCUT2D eigenvalue weighted by Crippen LogP contribution is 2.30. The number of pyridine rings is 2. The third kappa shape index (κ3) is 3.12. The summed E-state index contributed by atoms with van der Waals surface area (Å²) in [6.45, 7) is 1.49. The lowest BCUT2D eigenvalue weighted by Gasteiger charge is -2.35. The van der Waals surface area contributed by atoms with Gasteiger partial charge in [0.05, 0.1) is 23.7 Å². The molecule has 3 aliphatic heterocycles. The summed E-state index contributed by atoms with van der Waals surface area (Å²) in [4.78, 5) is 37.8. The van der Waals surface area contributed by atoms with Crippen molar-refractivity contribution in [2.75, 3.05) is 18.8 Å². The molecule has 0 aliphatic carbocycles. The number of hydrogen-bond donors (Lipinski definition) is 1. The number of carbonyl (C=O) groups excluding carboxylic acids is 2. The van der Waals surface area contributed by atoms with Crippen LogP contribution in [-0.2, 0) is 11.3 Å². The van der Waals surface area contributed by atoms with Crippen molar-refractivity contribution in [3.05, 3.63) is 54.0 Å². The van der Waals surface area contributed by atoms with Crippen LogP contribution in [0.4, 0.5) is 5.82 Å². The molecule has 5 heterocycles. The summed E-state index contributed by atoms with van der Waals surface area (Å²) in [7, 11) is 0. The first kappa shape index (κ1) is 16.5. The highest BCUT2D eigenvalue weighted by molar-refractivity contribution is 5.95. The van der Waals surface area contributed by atoms with E-state index in [2.05, 4.69) is 9.97 Å². The van der Waals surface area contributed by atoms with Gasteiger partial charge in [-0.3, -0.25) is 14.6 Å². The standard InChI is InChI=1S/C19H21N5O2/c20-17-7-5-13(9-22-17)18(25)23-10-14-4-6-16(12-23)24(19(14)26)11-15-3-1-2-8-21-15/h1-3,5,7-9,14,16H,4,6,10-12H2,(H2,20,22)/t14-,16+/m1/s1. The molecule has 0 unspecified atom stereocenters. The minimum atomic E-state index is -0.150. The van der Waals surface area contributed by atoms with E-state index in [4.69, 9.17) is 5.73 Å². The molecule has 0 saturated carbocycles. The van der Waals surface area contributed by atoms with Gasteiger partial charge in [-0.25, -0.2) is 4.98 Å². The van der Waals surface area contributed by atoms with Crippen LogP contribution >= 0.6 is 0 Å². The summed E-state index contributed by atoms with van der Waals surface area (Å²) in [5.74, 6) is 0.261. The molecule has 0 aromatic carbocycles. The van der Waals surface area contributed by atoms with Crippen LogP contribution in [0.3, 0.4) is 0 Å². The molecule has 26 heavy (non-hydrogen) atoms. The zero-order chi connectivity index (χ0) is 18.1. The number of nitrogens with two attached hydrogens (primary N) is 1. The third-order valence-electron chi connectivity index (χ3n) is 5.17. The van der Waals surface area contributed by atoms with Crippen LogP contribution in [-0.4, -0.2) is 50.7 Å². The van der Waals surface area contributed by atoms with Gasteiger partial charge in [-0.15, -0.1) is 0 Å². The highest BCUT2D eigenvalue weighted by Gasteiger charge is 2.42. The SMILES string of the molecule is Nc1ccc(C(=O)N2C[C@H]3CC[C@@H](C2)N(Cc2ccccn2)C3=O)cn1. The van der Waals surface area contributed by atoms with E-state index in [9.17, 15) is 9.59 Å². The first-order valence-electron chi connectivity index (χ1n) is 8.83. The van der Waals surface area contributed by atoms with E-state index in [0.29, 0.717) is 31.0 Å². The van der Waals surface area contributed by atoms with Crippen LogP contribution < -0.4 is 5.73 Å². The number of rotatable bonds is 3. The first-order valence-corrected chi connectivity index (χ1v) is 8.83. The Hall–Kier alpha value is -2.96. The number of amides is 2. The maximum atomic E-state index is 12.9. The predicted octanol–water partition coefficient (Wildman–Crippen LogP) is 1.32. The van der Waals surface area contributed by atoms with Crippen molar-refractivity contribution in [3.8, 4) is 0 Å². The van der Waals surface area contributed by atoms with Gasteiger partial charge in [0.2, 0.25) is 5.91 Å². The fraction of sp³-hybridized carbons (Fsp3) is 0.368. The number of hydrogen-bond acceptors (Lipinski definition) is 5. The molecule has 2 N–H and O–H groups in total. The summed E-state index contributed by atoms with van der Waals surface area (Å²) < 4.78 is 0. The quantitative estimate of drug-likeness (QED) is 0.900. The van der Waals surface area contributed by atoms with Crippen LogP contribution in [0.1, 0.15) is 28.9 Å². The molecule has 7 heteroatoms. The maximum absolute atomic E-state index is 12.9. The number of fused-ring (bicyclic) bond motifs is 4. The second kappa shape index (κ2) is 6.74. The smallest absolute Gasteiger partial charge is 0.255 e. The Balaban J connectivity index is 1.54. The van der Waals surface area contributed by atoms with E-state index in [1.807, 2.05) is 23.1 Å². The molecule has 3 saturated heterocycles. The van der Waals surface area contributed by atoms with Crippen LogP contribution in [0.2, 0.25) is 0 Å². The monoisotopic (exact) mass is 351 g/mol. The summed E-state index contributed by atoms with van der Waals surface area (Å²) in [6.07, 6.45) is 4.97. The summed E-state index contributed by atoms with van der Waals surface area (Å²) in [5, 5.41) is 0. The van der Waals surface area contributed by atoms with Gasteiger partial charge >= 0.3 is 0 Å². The normalized spacial score (nSPS) is 22.4. The predicted molar refractivity (Wildman–Crippen MR) is 95.9 cm³/mol. The van der Waals surface area contributed by atoms with Gasteiger partial charge in [0.15, 0.2) is 0 Å². The average Bonchev–Trinajstić information content (AvgIpc) is 2.95. The van der Waals surface area contributed by atoms with E-state index in [1.165, 1.54) is 6.20 Å². The second-order valence-corrected chi connectivity index (χ2v) is 6.90. The fourth-order valence-electron chi connectivity index (χ4n) is 3.79. The summed E-state index contributed by atoms with van der Waals surface area (Å²) >= 11 is 0.